The van der Waals surface area contributed by atoms with Crippen LogP contribution in [0.2, 0.25) is 0 Å². The Morgan fingerprint density at radius 2 is 2.30 bits per heavy atom. The molecule has 0 spiro atoms. The first-order valence-corrected chi connectivity index (χ1v) is 7.35. The van der Waals surface area contributed by atoms with E-state index in [2.05, 4.69) is 10.4 Å². The number of nitrogens with one attached hydrogen (secondary N) is 1. The van der Waals surface area contributed by atoms with Crippen molar-refractivity contribution in [3.8, 4) is 5.75 Å². The van der Waals surface area contributed by atoms with Crippen LogP contribution in [0.15, 0.2) is 24.3 Å². The molecular formula is C14H15N3O2S. The molecule has 2 heterocycles. The predicted molar refractivity (Wildman–Crippen MR) is 79.0 cm³/mol. The Hall–Kier alpha value is -1.95. The summed E-state index contributed by atoms with van der Waals surface area (Å²) in [6.45, 7) is 1.94. The van der Waals surface area contributed by atoms with Crippen LogP contribution < -0.4 is 5.32 Å². The average molecular weight is 289 g/mol. The summed E-state index contributed by atoms with van der Waals surface area (Å²) in [6.07, 6.45) is 0. The number of hydrogen-bond acceptors (Lipinski definition) is 4. The number of aromatic hydroxyl groups is 1. The summed E-state index contributed by atoms with van der Waals surface area (Å²) < 4.78 is 1.70. The Kier molecular flexibility index (Phi) is 3.17. The summed E-state index contributed by atoms with van der Waals surface area (Å²) in [4.78, 5) is 11.8. The van der Waals surface area contributed by atoms with Gasteiger partial charge in [-0.05, 0) is 24.6 Å². The fourth-order valence-electron chi connectivity index (χ4n) is 2.50. The highest BCUT2D eigenvalue weighted by atomic mass is 32.2. The van der Waals surface area contributed by atoms with E-state index in [4.69, 9.17) is 0 Å². The summed E-state index contributed by atoms with van der Waals surface area (Å²) in [5, 5.41) is 17.0. The molecule has 6 heteroatoms. The Bertz CT molecular complexity index is 681. The molecule has 20 heavy (non-hydrogen) atoms. The number of rotatable bonds is 1. The lowest BCUT2D eigenvalue weighted by Crippen LogP contribution is -2.15. The van der Waals surface area contributed by atoms with Gasteiger partial charge >= 0.3 is 0 Å². The van der Waals surface area contributed by atoms with Crippen LogP contribution in [0.25, 0.3) is 0 Å². The van der Waals surface area contributed by atoms with Gasteiger partial charge in [0.2, 0.25) is 5.91 Å². The molecule has 0 saturated carbocycles. The molecule has 1 aromatic heterocycles. The molecule has 1 aromatic carbocycles. The first kappa shape index (κ1) is 13.1. The van der Waals surface area contributed by atoms with E-state index in [0.717, 1.165) is 22.6 Å². The van der Waals surface area contributed by atoms with E-state index in [0.29, 0.717) is 5.75 Å². The number of carbonyl (C=O) groups is 1. The molecule has 1 atom stereocenters. The minimum atomic E-state index is -0.0260. The third kappa shape index (κ3) is 2.16. The number of carbonyl (C=O) groups excluding carboxylic acids is 1. The standard InChI is InChI=1S/C14H15N3O2S/c1-8-12-13(9-4-3-5-10(18)6-9)20-7-11(19)15-14(12)17(2)16-8/h3-6,13,18H,7H2,1-2H3,(H,15,19)/t13-/m0/s1. The summed E-state index contributed by atoms with van der Waals surface area (Å²) in [6, 6.07) is 7.16. The molecule has 104 valence electrons. The van der Waals surface area contributed by atoms with E-state index >= 15 is 0 Å². The van der Waals surface area contributed by atoms with E-state index < -0.39 is 0 Å². The second-order valence-corrected chi connectivity index (χ2v) is 5.90. The molecule has 3 rings (SSSR count). The average Bonchev–Trinajstić information content (AvgIpc) is 2.59. The fourth-order valence-corrected chi connectivity index (χ4v) is 3.68. The van der Waals surface area contributed by atoms with E-state index in [1.54, 1.807) is 28.6 Å². The highest BCUT2D eigenvalue weighted by molar-refractivity contribution is 8.00. The molecule has 0 fully saturated rings. The number of fused-ring (bicyclic) bond motifs is 1. The second kappa shape index (κ2) is 4.86. The lowest BCUT2D eigenvalue weighted by molar-refractivity contribution is -0.113. The molecule has 1 aliphatic rings. The molecule has 0 unspecified atom stereocenters. The summed E-state index contributed by atoms with van der Waals surface area (Å²) in [5.41, 5.74) is 2.88. The van der Waals surface area contributed by atoms with Crippen molar-refractivity contribution >= 4 is 23.5 Å². The number of amides is 1. The third-order valence-electron chi connectivity index (χ3n) is 3.34. The van der Waals surface area contributed by atoms with Crippen LogP contribution in [0.5, 0.6) is 5.75 Å². The van der Waals surface area contributed by atoms with Crippen molar-refractivity contribution in [3.05, 3.63) is 41.1 Å². The van der Waals surface area contributed by atoms with Crippen molar-refractivity contribution in [2.75, 3.05) is 11.1 Å². The maximum atomic E-state index is 11.8. The van der Waals surface area contributed by atoms with Crippen molar-refractivity contribution in [2.24, 2.45) is 7.05 Å². The third-order valence-corrected chi connectivity index (χ3v) is 4.61. The summed E-state index contributed by atoms with van der Waals surface area (Å²) in [5.74, 6) is 1.33. The van der Waals surface area contributed by atoms with Crippen molar-refractivity contribution in [1.82, 2.24) is 9.78 Å². The van der Waals surface area contributed by atoms with E-state index in [-0.39, 0.29) is 16.9 Å². The number of anilines is 1. The van der Waals surface area contributed by atoms with Gasteiger partial charge in [-0.3, -0.25) is 9.48 Å². The van der Waals surface area contributed by atoms with Gasteiger partial charge in [-0.25, -0.2) is 0 Å². The molecule has 1 amide bonds. The van der Waals surface area contributed by atoms with Crippen LogP contribution in [-0.4, -0.2) is 26.5 Å². The first-order chi connectivity index (χ1) is 9.56. The summed E-state index contributed by atoms with van der Waals surface area (Å²) in [7, 11) is 1.82. The largest absolute Gasteiger partial charge is 0.508 e. The van der Waals surface area contributed by atoms with Gasteiger partial charge in [-0.15, -0.1) is 11.8 Å². The van der Waals surface area contributed by atoms with E-state index in [9.17, 15) is 9.90 Å². The zero-order valence-electron chi connectivity index (χ0n) is 11.3. The Labute approximate surface area is 121 Å². The topological polar surface area (TPSA) is 67.1 Å². The Balaban J connectivity index is 2.15. The van der Waals surface area contributed by atoms with Gasteiger partial charge in [0.25, 0.3) is 0 Å². The minimum absolute atomic E-state index is 0.00949. The maximum Gasteiger partial charge on any atom is 0.235 e. The van der Waals surface area contributed by atoms with Crippen molar-refractivity contribution in [3.63, 3.8) is 0 Å². The van der Waals surface area contributed by atoms with Crippen LogP contribution in [0, 0.1) is 6.92 Å². The highest BCUT2D eigenvalue weighted by Crippen LogP contribution is 2.43. The zero-order chi connectivity index (χ0) is 14.3. The van der Waals surface area contributed by atoms with Crippen LogP contribution >= 0.6 is 11.8 Å². The van der Waals surface area contributed by atoms with Gasteiger partial charge in [0.1, 0.15) is 11.6 Å². The fraction of sp³-hybridized carbons (Fsp3) is 0.286. The van der Waals surface area contributed by atoms with Crippen LogP contribution in [0.3, 0.4) is 0 Å². The van der Waals surface area contributed by atoms with Gasteiger partial charge in [0.05, 0.1) is 16.7 Å². The smallest absolute Gasteiger partial charge is 0.235 e. The first-order valence-electron chi connectivity index (χ1n) is 6.30. The maximum absolute atomic E-state index is 11.8. The molecule has 2 aromatic rings. The molecule has 1 aliphatic heterocycles. The number of aryl methyl sites for hydroxylation is 2. The van der Waals surface area contributed by atoms with Crippen molar-refractivity contribution in [2.45, 2.75) is 12.2 Å². The molecule has 5 nitrogen and oxygen atoms in total. The Morgan fingerprint density at radius 3 is 3.05 bits per heavy atom. The molecule has 0 aliphatic carbocycles. The number of aromatic nitrogens is 2. The second-order valence-electron chi connectivity index (χ2n) is 4.81. The lowest BCUT2D eigenvalue weighted by atomic mass is 10.0. The summed E-state index contributed by atoms with van der Waals surface area (Å²) >= 11 is 1.55. The van der Waals surface area contributed by atoms with Crippen molar-refractivity contribution in [1.29, 1.82) is 0 Å². The van der Waals surface area contributed by atoms with Crippen molar-refractivity contribution < 1.29 is 9.90 Å². The lowest BCUT2D eigenvalue weighted by Gasteiger charge is -2.15. The number of nitrogens with zero attached hydrogens (tertiary/aromatic N) is 2. The van der Waals surface area contributed by atoms with Gasteiger partial charge in [-0.2, -0.15) is 5.10 Å². The quantitative estimate of drug-likeness (QED) is 0.844. The zero-order valence-corrected chi connectivity index (χ0v) is 12.1. The highest BCUT2D eigenvalue weighted by Gasteiger charge is 2.29. The van der Waals surface area contributed by atoms with Crippen LogP contribution in [0.1, 0.15) is 22.1 Å². The van der Waals surface area contributed by atoms with Gasteiger partial charge < -0.3 is 10.4 Å². The molecular weight excluding hydrogens is 274 g/mol. The number of benzene rings is 1. The minimum Gasteiger partial charge on any atom is -0.508 e. The normalized spacial score (nSPS) is 18.3. The molecule has 0 bridgehead atoms. The van der Waals surface area contributed by atoms with Crippen LogP contribution in [-0.2, 0) is 11.8 Å². The number of phenols is 1. The van der Waals surface area contributed by atoms with Gasteiger partial charge in [0.15, 0.2) is 0 Å². The number of thioether (sulfide) groups is 1. The van der Waals surface area contributed by atoms with Gasteiger partial charge in [-0.1, -0.05) is 12.1 Å². The monoisotopic (exact) mass is 289 g/mol. The Morgan fingerprint density at radius 1 is 1.50 bits per heavy atom. The van der Waals surface area contributed by atoms with E-state index in [1.807, 2.05) is 26.1 Å². The van der Waals surface area contributed by atoms with Crippen LogP contribution in [0.4, 0.5) is 5.82 Å². The predicted octanol–water partition coefficient (Wildman–Crippen LogP) is 2.21. The number of hydrogen-bond donors (Lipinski definition) is 2. The van der Waals surface area contributed by atoms with E-state index in [1.165, 1.54) is 0 Å². The number of phenolic OH excluding ortho intramolecular Hbond substituents is 1. The molecule has 2 N–H and O–H groups in total. The SMILES string of the molecule is Cc1nn(C)c2c1[C@H](c1cccc(O)c1)SCC(=O)N2. The molecule has 0 radical (unpaired) electrons. The van der Waals surface area contributed by atoms with Gasteiger partial charge in [0, 0.05) is 12.6 Å². The molecule has 0 saturated heterocycles.